The number of halogens is 4. The van der Waals surface area contributed by atoms with Crippen LogP contribution in [0.5, 0.6) is 0 Å². The number of amides is 1. The number of hydrogen-bond acceptors (Lipinski definition) is 3. The molecule has 0 aromatic heterocycles. The predicted octanol–water partition coefficient (Wildman–Crippen LogP) is 2.56. The summed E-state index contributed by atoms with van der Waals surface area (Å²) in [5, 5.41) is 9.57. The summed E-state index contributed by atoms with van der Waals surface area (Å²) < 4.78 is 51.4. The largest absolute Gasteiger partial charge is 0.415 e. The summed E-state index contributed by atoms with van der Waals surface area (Å²) in [5.41, 5.74) is 0.725. The van der Waals surface area contributed by atoms with Crippen molar-refractivity contribution in [3.05, 3.63) is 35.6 Å². The fraction of sp³-hybridized carbons (Fsp3) is 0.588. The summed E-state index contributed by atoms with van der Waals surface area (Å²) in [6.07, 6.45) is -5.67. The normalized spacial score (nSPS) is 20.3. The van der Waals surface area contributed by atoms with Gasteiger partial charge in [0.1, 0.15) is 5.82 Å². The van der Waals surface area contributed by atoms with Gasteiger partial charge in [-0.2, -0.15) is 13.2 Å². The lowest BCUT2D eigenvalue weighted by Gasteiger charge is -2.39. The Morgan fingerprint density at radius 2 is 1.96 bits per heavy atom. The lowest BCUT2D eigenvalue weighted by Crippen LogP contribution is -2.54. The van der Waals surface area contributed by atoms with Crippen molar-refractivity contribution in [2.45, 2.75) is 44.1 Å². The highest BCUT2D eigenvalue weighted by atomic mass is 19.4. The molecule has 25 heavy (non-hydrogen) atoms. The van der Waals surface area contributed by atoms with E-state index in [0.29, 0.717) is 19.4 Å². The van der Waals surface area contributed by atoms with Crippen LogP contribution in [0.1, 0.15) is 24.8 Å². The van der Waals surface area contributed by atoms with Gasteiger partial charge in [0, 0.05) is 19.6 Å². The van der Waals surface area contributed by atoms with Gasteiger partial charge in [-0.1, -0.05) is 18.6 Å². The van der Waals surface area contributed by atoms with Gasteiger partial charge in [0.05, 0.1) is 6.54 Å². The van der Waals surface area contributed by atoms with E-state index in [0.717, 1.165) is 5.56 Å². The third kappa shape index (κ3) is 5.40. The monoisotopic (exact) mass is 362 g/mol. The highest BCUT2D eigenvalue weighted by Crippen LogP contribution is 2.29. The predicted molar refractivity (Wildman–Crippen MR) is 84.1 cm³/mol. The number of carbonyl (C=O) groups excluding carboxylic acids is 1. The maximum atomic E-state index is 12.9. The van der Waals surface area contributed by atoms with Gasteiger partial charge in [-0.25, -0.2) is 4.39 Å². The average Bonchev–Trinajstić information content (AvgIpc) is 2.56. The van der Waals surface area contributed by atoms with Crippen molar-refractivity contribution in [1.82, 2.24) is 9.80 Å². The molecular weight excluding hydrogens is 340 g/mol. The van der Waals surface area contributed by atoms with E-state index in [1.807, 2.05) is 0 Å². The molecule has 2 atom stereocenters. The van der Waals surface area contributed by atoms with Gasteiger partial charge in [0.2, 0.25) is 5.91 Å². The highest BCUT2D eigenvalue weighted by Gasteiger charge is 2.46. The molecule has 2 rings (SSSR count). The van der Waals surface area contributed by atoms with Crippen molar-refractivity contribution in [2.75, 3.05) is 20.1 Å². The zero-order valence-electron chi connectivity index (χ0n) is 14.0. The standard InChI is InChI=1S/C17H22F4N2O2/c1-22(10-12-5-7-13(18)8-6-12)15(24)11-23-9-3-2-4-14(23)16(25)17(19,20)21/h5-8,14,16,25H,2-4,9-11H2,1H3/t14-,16-/m0/s1. The molecule has 1 fully saturated rings. The van der Waals surface area contributed by atoms with Crippen LogP contribution in [0, 0.1) is 5.82 Å². The second-order valence-electron chi connectivity index (χ2n) is 6.40. The number of piperidine rings is 1. The van der Waals surface area contributed by atoms with Crippen LogP contribution in [0.2, 0.25) is 0 Å². The Hall–Kier alpha value is -1.67. The third-order valence-electron chi connectivity index (χ3n) is 4.46. The number of nitrogens with zero attached hydrogens (tertiary/aromatic N) is 2. The Bertz CT molecular complexity index is 577. The van der Waals surface area contributed by atoms with Gasteiger partial charge in [-0.05, 0) is 37.1 Å². The molecule has 1 aromatic rings. The van der Waals surface area contributed by atoms with Crippen molar-refractivity contribution in [3.63, 3.8) is 0 Å². The first-order valence-electron chi connectivity index (χ1n) is 8.15. The first-order valence-corrected chi connectivity index (χ1v) is 8.15. The van der Waals surface area contributed by atoms with Gasteiger partial charge in [-0.3, -0.25) is 9.69 Å². The fourth-order valence-electron chi connectivity index (χ4n) is 3.04. The van der Waals surface area contributed by atoms with Gasteiger partial charge in [-0.15, -0.1) is 0 Å². The van der Waals surface area contributed by atoms with Crippen molar-refractivity contribution < 1.29 is 27.5 Å². The van der Waals surface area contributed by atoms with Gasteiger partial charge in [0.25, 0.3) is 0 Å². The van der Waals surface area contributed by atoms with Crippen molar-refractivity contribution in [3.8, 4) is 0 Å². The van der Waals surface area contributed by atoms with Gasteiger partial charge in [0.15, 0.2) is 6.10 Å². The van der Waals surface area contributed by atoms with E-state index in [-0.39, 0.29) is 31.2 Å². The summed E-state index contributed by atoms with van der Waals surface area (Å²) in [5.74, 6) is -0.722. The molecule has 0 bridgehead atoms. The van der Waals surface area contributed by atoms with Crippen LogP contribution in [-0.4, -0.2) is 59.3 Å². The van der Waals surface area contributed by atoms with Crippen LogP contribution >= 0.6 is 0 Å². The van der Waals surface area contributed by atoms with Crippen LogP contribution in [0.15, 0.2) is 24.3 Å². The number of likely N-dealkylation sites (N-methyl/N-ethyl adjacent to an activating group) is 1. The molecule has 8 heteroatoms. The summed E-state index contributed by atoms with van der Waals surface area (Å²) in [6, 6.07) is 4.57. The first-order chi connectivity index (χ1) is 11.7. The van der Waals surface area contributed by atoms with Crippen LogP contribution in [0.25, 0.3) is 0 Å². The van der Waals surface area contributed by atoms with E-state index < -0.39 is 18.3 Å². The molecule has 0 radical (unpaired) electrons. The maximum absolute atomic E-state index is 12.9. The molecule has 0 unspecified atom stereocenters. The van der Waals surface area contributed by atoms with Gasteiger partial charge < -0.3 is 10.0 Å². The molecular formula is C17H22F4N2O2. The second kappa shape index (κ2) is 8.14. The minimum absolute atomic E-state index is 0.185. The van der Waals surface area contributed by atoms with Gasteiger partial charge >= 0.3 is 6.18 Å². The van der Waals surface area contributed by atoms with E-state index in [9.17, 15) is 27.5 Å². The quantitative estimate of drug-likeness (QED) is 0.819. The van der Waals surface area contributed by atoms with E-state index in [1.54, 1.807) is 19.2 Å². The summed E-state index contributed by atoms with van der Waals surface area (Å²) in [4.78, 5) is 15.1. The minimum Gasteiger partial charge on any atom is -0.382 e. The number of alkyl halides is 3. The number of aliphatic hydroxyl groups excluding tert-OH is 1. The maximum Gasteiger partial charge on any atom is 0.415 e. The lowest BCUT2D eigenvalue weighted by molar-refractivity contribution is -0.224. The number of aliphatic hydroxyl groups is 1. The molecule has 0 saturated carbocycles. The SMILES string of the molecule is CN(Cc1ccc(F)cc1)C(=O)CN1CCCC[C@H]1[C@H](O)C(F)(F)F. The fourth-order valence-corrected chi connectivity index (χ4v) is 3.04. The minimum atomic E-state index is -4.71. The summed E-state index contributed by atoms with van der Waals surface area (Å²) >= 11 is 0. The molecule has 1 aliphatic heterocycles. The number of carbonyl (C=O) groups is 1. The topological polar surface area (TPSA) is 43.8 Å². The van der Waals surface area contributed by atoms with Crippen LogP contribution in [-0.2, 0) is 11.3 Å². The van der Waals surface area contributed by atoms with Crippen LogP contribution in [0.3, 0.4) is 0 Å². The summed E-state index contributed by atoms with van der Waals surface area (Å²) in [7, 11) is 1.55. The van der Waals surface area contributed by atoms with Crippen LogP contribution in [0.4, 0.5) is 17.6 Å². The van der Waals surface area contributed by atoms with E-state index >= 15 is 0 Å². The third-order valence-corrected chi connectivity index (χ3v) is 4.46. The van der Waals surface area contributed by atoms with E-state index in [4.69, 9.17) is 0 Å². The molecule has 1 N–H and O–H groups in total. The Balaban J connectivity index is 1.97. The molecule has 1 saturated heterocycles. The Kier molecular flexibility index (Phi) is 6.40. The molecule has 1 aliphatic rings. The number of rotatable bonds is 5. The van der Waals surface area contributed by atoms with E-state index in [2.05, 4.69) is 0 Å². The van der Waals surface area contributed by atoms with Crippen molar-refractivity contribution >= 4 is 5.91 Å². The Morgan fingerprint density at radius 1 is 1.32 bits per heavy atom. The lowest BCUT2D eigenvalue weighted by atomic mass is 9.97. The molecule has 1 amide bonds. The molecule has 140 valence electrons. The highest BCUT2D eigenvalue weighted by molar-refractivity contribution is 5.78. The van der Waals surface area contributed by atoms with Crippen molar-refractivity contribution in [1.29, 1.82) is 0 Å². The molecule has 4 nitrogen and oxygen atoms in total. The molecule has 0 aliphatic carbocycles. The zero-order chi connectivity index (χ0) is 18.6. The first kappa shape index (κ1) is 19.7. The summed E-state index contributed by atoms with van der Waals surface area (Å²) in [6.45, 7) is 0.392. The van der Waals surface area contributed by atoms with Crippen LogP contribution < -0.4 is 0 Å². The zero-order valence-corrected chi connectivity index (χ0v) is 14.0. The molecule has 0 spiro atoms. The number of likely N-dealkylation sites (tertiary alicyclic amines) is 1. The smallest absolute Gasteiger partial charge is 0.382 e. The Labute approximate surface area is 144 Å². The molecule has 1 heterocycles. The Morgan fingerprint density at radius 3 is 2.56 bits per heavy atom. The second-order valence-corrected chi connectivity index (χ2v) is 6.40. The molecule has 1 aromatic carbocycles. The van der Waals surface area contributed by atoms with E-state index in [1.165, 1.54) is 21.9 Å². The average molecular weight is 362 g/mol. The number of hydrogen-bond donors (Lipinski definition) is 1. The van der Waals surface area contributed by atoms with Crippen molar-refractivity contribution in [2.24, 2.45) is 0 Å². The number of benzene rings is 1.